The number of hydrogen-bond acceptors (Lipinski definition) is 18. The zero-order valence-electron chi connectivity index (χ0n) is 47.6. The van der Waals surface area contributed by atoms with Crippen molar-refractivity contribution >= 4 is 184 Å². The van der Waals surface area contributed by atoms with E-state index in [0.717, 1.165) is 8.93 Å². The van der Waals surface area contributed by atoms with Gasteiger partial charge in [0.25, 0.3) is 0 Å². The number of aliphatic imine (C=N–C) groups is 2. The zero-order valence-corrected chi connectivity index (χ0v) is 60.2. The summed E-state index contributed by atoms with van der Waals surface area (Å²) < 4.78 is 17.3. The fourth-order valence-electron chi connectivity index (χ4n) is 6.41. The Hall–Kier alpha value is -1.78. The van der Waals surface area contributed by atoms with Gasteiger partial charge in [-0.25, -0.2) is 29.1 Å². The number of cyclic esters (lactones) is 1. The van der Waals surface area contributed by atoms with Crippen molar-refractivity contribution in [2.45, 2.75) is 167 Å². The van der Waals surface area contributed by atoms with Crippen molar-refractivity contribution in [3.05, 3.63) is 63.4 Å². The number of aromatic nitrogens is 2. The number of rotatable bonds is 17. The summed E-state index contributed by atoms with van der Waals surface area (Å²) in [6, 6.07) is -1.84. The number of nitrogens with zero attached hydrogens (tertiary/aromatic N) is 4. The predicted molar refractivity (Wildman–Crippen MR) is 351 cm³/mol. The predicted octanol–water partition coefficient (Wildman–Crippen LogP) is 11.2. The number of thioether (sulfide) groups is 2. The van der Waals surface area contributed by atoms with Crippen molar-refractivity contribution in [3.8, 4) is 0 Å². The van der Waals surface area contributed by atoms with Gasteiger partial charge in [-0.2, -0.15) is 6.92 Å². The van der Waals surface area contributed by atoms with E-state index in [2.05, 4.69) is 125 Å². The standard InChI is InChI=1S/C26H37ClN4O7S2.C21H27ClN4O4S2.C3H7I.C2H5.2HI.V/c1-15(2)20(30-24(36)38-25(3,4)5)22(33)37-16(9-7-8-10-27)11-18(32)28-12-19-29-17(13-39-19)21-31-26(6,14-40-21)23(34)35;1-12(2)17-19(28)30-13(6-4-5-7-22)8-15(27)23-9-16-24-14(10-31-16)18-26-21(3,11-32-18)20(29)25-17;1-3(2)4;1-2;;;/h7,9,13,15-16,20H,8,10-12,14H2,1-6H3,(H,28,32)(H,30,36)(H,34,35);4,6,10,12-13,17H,5,7-9,11H2,1-3H3,(H,23,27)(H,25,29);3H,1-2H3;1H2,2H3;2*1H;/q;;;-1;;;+2/p-2/b9-7+;6-4+;;;;;/t16?,20-,26-;13?,17-,21-;;;;;/m00...../s1. The van der Waals surface area contributed by atoms with Crippen molar-refractivity contribution in [2.75, 3.05) is 23.3 Å². The Morgan fingerprint density at radius 1 is 0.951 bits per heavy atom. The van der Waals surface area contributed by atoms with E-state index < -0.39 is 65.0 Å². The summed E-state index contributed by atoms with van der Waals surface area (Å²) in [6.07, 6.45) is 5.27. The van der Waals surface area contributed by atoms with E-state index in [-0.39, 0.29) is 55.5 Å². The molecule has 0 fully saturated rings. The van der Waals surface area contributed by atoms with E-state index in [1.165, 1.54) is 46.2 Å². The van der Waals surface area contributed by atoms with Crippen LogP contribution in [-0.2, 0) is 65.5 Å². The van der Waals surface area contributed by atoms with Crippen LogP contribution in [0.3, 0.4) is 0 Å². The van der Waals surface area contributed by atoms with Crippen LogP contribution in [0.4, 0.5) is 4.79 Å². The number of carboxylic acids is 1. The van der Waals surface area contributed by atoms with Gasteiger partial charge >= 0.3 is 73.4 Å². The molecule has 0 radical (unpaired) electrons. The van der Waals surface area contributed by atoms with Gasteiger partial charge in [0.05, 0.1) is 25.9 Å². The number of aliphatic carboxylic acids is 1. The second kappa shape index (κ2) is 39.8. The number of alkyl halides is 3. The molecule has 3 aliphatic heterocycles. The topological polar surface area (TPSA) is 266 Å². The third-order valence-corrected chi connectivity index (χ3v) is 15.1. The van der Waals surface area contributed by atoms with Crippen LogP contribution in [0.5, 0.6) is 0 Å². The van der Waals surface area contributed by atoms with Crippen LogP contribution in [0, 0.1) is 18.8 Å². The van der Waals surface area contributed by atoms with Crippen molar-refractivity contribution in [1.82, 2.24) is 31.2 Å². The molecule has 4 amide bonds. The molecule has 5 heterocycles. The number of fused-ring (bicyclic) bond motifs is 4. The number of alkyl carbamates (subject to hydrolysis) is 1. The molecule has 5 rings (SSSR count). The van der Waals surface area contributed by atoms with Gasteiger partial charge in [-0.05, 0) is 71.4 Å². The number of allylic oxidation sites excluding steroid dienone is 2. The van der Waals surface area contributed by atoms with Crippen molar-refractivity contribution in [1.29, 1.82) is 0 Å². The Bertz CT molecular complexity index is 2480. The van der Waals surface area contributed by atoms with Crippen LogP contribution < -0.4 is 21.3 Å². The SMILES string of the molecule is CC(C)I.CC(C)[C@@H]1NC(=O)[C@]2(C)CSC(=N2)c2csc(n2)CNC(=O)CC(/C=C/CCCl)OC1=O.CC(C)[C@H](NC(=O)OC(C)(C)C)C(=O)OC(/C=C/CCCl)CC(=O)NCc1nc(C2=N[C@](C)(C(=O)O)CS2)cs1.[CH2-]C.[I][V][I]. The molecule has 0 aromatic carbocycles. The molecule has 81 heavy (non-hydrogen) atoms. The number of hydrogen-bond donors (Lipinski definition) is 5. The first kappa shape index (κ1) is 77.2. The number of nitrogens with one attached hydrogen (secondary N) is 4. The van der Waals surface area contributed by atoms with Gasteiger partial charge < -0.3 is 47.5 Å². The summed E-state index contributed by atoms with van der Waals surface area (Å²) in [6.45, 7) is 25.3. The van der Waals surface area contributed by atoms with E-state index in [1.807, 2.05) is 19.2 Å². The van der Waals surface area contributed by atoms with Crippen molar-refractivity contribution in [3.63, 3.8) is 0 Å². The Balaban J connectivity index is 0.000000717. The number of carbonyl (C=O) groups is 7. The fraction of sp³-hybridized carbons (Fsp3) is 0.615. The summed E-state index contributed by atoms with van der Waals surface area (Å²) in [4.78, 5) is 106. The molecular formula is C52H76Cl2I3N8O11S4V-. The van der Waals surface area contributed by atoms with Crippen molar-refractivity contribution in [2.24, 2.45) is 21.8 Å². The molecule has 455 valence electrons. The van der Waals surface area contributed by atoms with E-state index in [9.17, 15) is 38.7 Å². The average Bonchev–Trinajstić information content (AvgIpc) is 4.24. The molecule has 2 aromatic heterocycles. The number of esters is 2. The number of thiazole rings is 2. The third kappa shape index (κ3) is 29.9. The second-order valence-corrected chi connectivity index (χ2v) is 38.7. The zero-order chi connectivity index (χ0) is 61.7. The van der Waals surface area contributed by atoms with Gasteiger partial charge in [-0.3, -0.25) is 24.4 Å². The Morgan fingerprint density at radius 2 is 1.53 bits per heavy atom. The van der Waals surface area contributed by atoms with Gasteiger partial charge in [0, 0.05) is 38.0 Å². The number of ether oxygens (including phenoxy) is 3. The van der Waals surface area contributed by atoms with Crippen LogP contribution in [0.1, 0.15) is 130 Å². The summed E-state index contributed by atoms with van der Waals surface area (Å²) >= 11 is 24.1. The molecule has 6 atom stereocenters. The summed E-state index contributed by atoms with van der Waals surface area (Å²) in [7, 11) is 0.628. The molecule has 3 aliphatic rings. The molecule has 4 bridgehead atoms. The molecule has 2 aromatic rings. The maximum atomic E-state index is 13.1. The molecule has 2 unspecified atom stereocenters. The van der Waals surface area contributed by atoms with Crippen molar-refractivity contribution < 1.29 is 62.3 Å². The van der Waals surface area contributed by atoms with E-state index in [0.29, 0.717) is 72.1 Å². The van der Waals surface area contributed by atoms with E-state index in [4.69, 9.17) is 37.4 Å². The third-order valence-electron chi connectivity index (χ3n) is 10.4. The van der Waals surface area contributed by atoms with Crippen LogP contribution in [0.15, 0.2) is 45.0 Å². The van der Waals surface area contributed by atoms with Gasteiger partial charge in [0.1, 0.15) is 66.9 Å². The quantitative estimate of drug-likeness (QED) is 0.0246. The number of carboxylic acid groups (broad SMARTS) is 1. The van der Waals surface area contributed by atoms with Crippen LogP contribution in [0.25, 0.3) is 0 Å². The van der Waals surface area contributed by atoms with Crippen LogP contribution >= 0.6 is 132 Å². The fourth-order valence-corrected chi connectivity index (χ4v) is 10.5. The van der Waals surface area contributed by atoms with Crippen LogP contribution in [0.2, 0.25) is 0 Å². The summed E-state index contributed by atoms with van der Waals surface area (Å²) in [5, 5.41) is 26.5. The van der Waals surface area contributed by atoms with Crippen LogP contribution in [-0.4, -0.2) is 135 Å². The van der Waals surface area contributed by atoms with Gasteiger partial charge in [0.2, 0.25) is 17.7 Å². The van der Waals surface area contributed by atoms with Gasteiger partial charge in [0.15, 0.2) is 5.54 Å². The van der Waals surface area contributed by atoms with E-state index in [1.54, 1.807) is 85.1 Å². The Kier molecular flexibility index (Phi) is 38.0. The minimum atomic E-state index is -1.18. The second-order valence-electron chi connectivity index (χ2n) is 19.9. The first-order chi connectivity index (χ1) is 38.0. The Morgan fingerprint density at radius 3 is 2.10 bits per heavy atom. The average molecular weight is 1620 g/mol. The molecule has 5 N–H and O–H groups in total. The normalized spacial score (nSPS) is 20.7. The van der Waals surface area contributed by atoms with E-state index >= 15 is 0 Å². The molecule has 29 heteroatoms. The maximum absolute atomic E-state index is 13.1. The minimum absolute atomic E-state index is 0.0399. The first-order valence-electron chi connectivity index (χ1n) is 25.5. The molecule has 0 saturated heterocycles. The number of halogens is 5. The molecular weight excluding hydrogens is 1540 g/mol. The molecule has 0 saturated carbocycles. The van der Waals surface area contributed by atoms with Gasteiger partial charge in [-0.1, -0.05) is 76.3 Å². The number of carbonyl (C=O) groups excluding carboxylic acids is 6. The number of amides is 4. The summed E-state index contributed by atoms with van der Waals surface area (Å²) in [5.41, 5.74) is -1.67. The summed E-state index contributed by atoms with van der Waals surface area (Å²) in [5.74, 6) is -2.23. The van der Waals surface area contributed by atoms with Gasteiger partial charge in [-0.15, -0.1) is 69.4 Å². The molecule has 0 aliphatic carbocycles. The first-order valence-corrected chi connectivity index (χ1v) is 40.6. The Labute approximate surface area is 546 Å². The molecule has 0 spiro atoms. The molecule has 19 nitrogen and oxygen atoms in total. The monoisotopic (exact) mass is 1620 g/mol.